The van der Waals surface area contributed by atoms with Crippen molar-refractivity contribution in [2.24, 2.45) is 0 Å². The van der Waals surface area contributed by atoms with Crippen LogP contribution in [0.25, 0.3) is 0 Å². The summed E-state index contributed by atoms with van der Waals surface area (Å²) in [6.45, 7) is 3.36. The first-order chi connectivity index (χ1) is 17.2. The van der Waals surface area contributed by atoms with Crippen molar-refractivity contribution < 1.29 is 27.5 Å². The smallest absolute Gasteiger partial charge is 0.416 e. The molecule has 3 aliphatic rings. The van der Waals surface area contributed by atoms with Crippen LogP contribution in [0.4, 0.5) is 13.2 Å². The van der Waals surface area contributed by atoms with Crippen molar-refractivity contribution in [3.05, 3.63) is 53.5 Å². The molecular formula is C25H28F3N5O3. The molecular weight excluding hydrogens is 475 g/mol. The van der Waals surface area contributed by atoms with Gasteiger partial charge >= 0.3 is 6.18 Å². The molecule has 2 amide bonds. The third kappa shape index (κ3) is 5.45. The number of nitrogens with zero attached hydrogens (tertiary/aromatic N) is 4. The first-order valence-electron chi connectivity index (χ1n) is 12.1. The summed E-state index contributed by atoms with van der Waals surface area (Å²) < 4.78 is 45.8. The van der Waals surface area contributed by atoms with E-state index in [4.69, 9.17) is 4.74 Å². The third-order valence-electron chi connectivity index (χ3n) is 6.96. The van der Waals surface area contributed by atoms with Gasteiger partial charge in [0.05, 0.1) is 23.7 Å². The van der Waals surface area contributed by atoms with E-state index in [0.29, 0.717) is 44.4 Å². The summed E-state index contributed by atoms with van der Waals surface area (Å²) in [5, 5.41) is 2.54. The zero-order valence-corrected chi connectivity index (χ0v) is 19.9. The average Bonchev–Trinajstić information content (AvgIpc) is 3.61. The molecule has 0 spiro atoms. The number of carbonyl (C=O) groups is 2. The van der Waals surface area contributed by atoms with Crippen LogP contribution in [0.3, 0.4) is 0 Å². The van der Waals surface area contributed by atoms with Crippen LogP contribution in [0, 0.1) is 0 Å². The lowest BCUT2D eigenvalue weighted by Crippen LogP contribution is -2.54. The minimum absolute atomic E-state index is 0.0471. The SMILES string of the molecule is CC(=O)NC(C(=O)N1CCN2C[C@H](Oc3cnc(C4CC4)cn3)C[C@H]2C1)c1cccc(C(F)(F)F)c1. The molecule has 1 N–H and O–H groups in total. The van der Waals surface area contributed by atoms with Crippen LogP contribution in [0.15, 0.2) is 36.7 Å². The molecule has 8 nitrogen and oxygen atoms in total. The number of piperazine rings is 1. The van der Waals surface area contributed by atoms with E-state index < -0.39 is 29.6 Å². The summed E-state index contributed by atoms with van der Waals surface area (Å²) in [5.41, 5.74) is 0.236. The van der Waals surface area contributed by atoms with Crippen LogP contribution in [0.1, 0.15) is 55.0 Å². The predicted molar refractivity (Wildman–Crippen MR) is 123 cm³/mol. The van der Waals surface area contributed by atoms with E-state index in [1.807, 2.05) is 0 Å². The standard InChI is InChI=1S/C25H28F3N5O3/c1-15(34)31-23(17-3-2-4-18(9-17)25(26,27)28)24(35)33-8-7-32-14-20(10-19(32)13-33)36-22-12-29-21(11-30-22)16-5-6-16/h2-4,9,11-12,16,19-20,23H,5-8,10,13-14H2,1H3,(H,31,34)/t19-,20+,23?/m0/s1. The van der Waals surface area contributed by atoms with Crippen LogP contribution in [-0.4, -0.2) is 69.9 Å². The van der Waals surface area contributed by atoms with Crippen LogP contribution < -0.4 is 10.1 Å². The molecule has 11 heteroatoms. The van der Waals surface area contributed by atoms with Crippen LogP contribution in [-0.2, 0) is 15.8 Å². The Bertz CT molecular complexity index is 1120. The average molecular weight is 504 g/mol. The van der Waals surface area contributed by atoms with Gasteiger partial charge in [-0.25, -0.2) is 4.98 Å². The van der Waals surface area contributed by atoms with E-state index in [-0.39, 0.29) is 17.7 Å². The van der Waals surface area contributed by atoms with Crippen molar-refractivity contribution in [3.8, 4) is 5.88 Å². The zero-order valence-electron chi connectivity index (χ0n) is 19.9. The number of alkyl halides is 3. The maximum Gasteiger partial charge on any atom is 0.416 e. The molecule has 192 valence electrons. The van der Waals surface area contributed by atoms with Crippen molar-refractivity contribution in [1.82, 2.24) is 25.1 Å². The normalized spacial score (nSPS) is 23.2. The van der Waals surface area contributed by atoms with Crippen LogP contribution in [0.2, 0.25) is 0 Å². The van der Waals surface area contributed by atoms with E-state index >= 15 is 0 Å². The van der Waals surface area contributed by atoms with E-state index in [0.717, 1.165) is 30.7 Å². The highest BCUT2D eigenvalue weighted by Gasteiger charge is 2.40. The van der Waals surface area contributed by atoms with Gasteiger partial charge in [0.25, 0.3) is 0 Å². The lowest BCUT2D eigenvalue weighted by atomic mass is 10.0. The van der Waals surface area contributed by atoms with Gasteiger partial charge < -0.3 is 15.0 Å². The number of halogens is 3. The fourth-order valence-electron chi connectivity index (χ4n) is 5.00. The van der Waals surface area contributed by atoms with Crippen molar-refractivity contribution >= 4 is 11.8 Å². The van der Waals surface area contributed by atoms with E-state index in [1.54, 1.807) is 17.3 Å². The van der Waals surface area contributed by atoms with Gasteiger partial charge in [-0.05, 0) is 30.5 Å². The molecule has 2 aromatic rings. The number of aromatic nitrogens is 2. The van der Waals surface area contributed by atoms with E-state index in [9.17, 15) is 22.8 Å². The molecule has 3 fully saturated rings. The Balaban J connectivity index is 1.24. The van der Waals surface area contributed by atoms with Gasteiger partial charge in [0.15, 0.2) is 0 Å². The number of fused-ring (bicyclic) bond motifs is 1. The Morgan fingerprint density at radius 3 is 2.61 bits per heavy atom. The van der Waals surface area contributed by atoms with Crippen LogP contribution in [0.5, 0.6) is 5.88 Å². The Morgan fingerprint density at radius 1 is 1.14 bits per heavy atom. The maximum atomic E-state index is 13.4. The van der Waals surface area contributed by atoms with Gasteiger partial charge in [-0.1, -0.05) is 12.1 Å². The van der Waals surface area contributed by atoms with E-state index in [2.05, 4.69) is 20.2 Å². The highest BCUT2D eigenvalue weighted by molar-refractivity contribution is 5.88. The lowest BCUT2D eigenvalue weighted by Gasteiger charge is -2.38. The molecule has 5 rings (SSSR count). The molecule has 1 unspecified atom stereocenters. The van der Waals surface area contributed by atoms with Crippen molar-refractivity contribution in [2.75, 3.05) is 26.2 Å². The minimum atomic E-state index is -4.55. The summed E-state index contributed by atoms with van der Waals surface area (Å²) in [4.78, 5) is 37.9. The van der Waals surface area contributed by atoms with Crippen molar-refractivity contribution in [3.63, 3.8) is 0 Å². The fraction of sp³-hybridized carbons (Fsp3) is 0.520. The molecule has 3 heterocycles. The van der Waals surface area contributed by atoms with Gasteiger partial charge in [-0.2, -0.15) is 13.2 Å². The number of carbonyl (C=O) groups excluding carboxylic acids is 2. The first kappa shape index (κ1) is 24.5. The number of ether oxygens (including phenoxy) is 1. The second-order valence-electron chi connectivity index (χ2n) is 9.72. The molecule has 1 aromatic carbocycles. The van der Waals surface area contributed by atoms with E-state index in [1.165, 1.54) is 19.1 Å². The van der Waals surface area contributed by atoms with Gasteiger partial charge in [0.2, 0.25) is 17.7 Å². The number of hydrogen-bond acceptors (Lipinski definition) is 6. The Labute approximate surface area is 206 Å². The minimum Gasteiger partial charge on any atom is -0.472 e. The van der Waals surface area contributed by atoms with Gasteiger partial charge in [0, 0.05) is 51.5 Å². The van der Waals surface area contributed by atoms with Gasteiger partial charge in [-0.15, -0.1) is 0 Å². The molecule has 1 saturated carbocycles. The number of hydrogen-bond donors (Lipinski definition) is 1. The summed E-state index contributed by atoms with van der Waals surface area (Å²) in [7, 11) is 0. The van der Waals surface area contributed by atoms with Gasteiger partial charge in [-0.3, -0.25) is 19.5 Å². The quantitative estimate of drug-likeness (QED) is 0.653. The first-order valence-corrected chi connectivity index (χ1v) is 12.1. The Kier molecular flexibility index (Phi) is 6.59. The molecule has 2 saturated heterocycles. The molecule has 1 aliphatic carbocycles. The molecule has 3 atom stereocenters. The van der Waals surface area contributed by atoms with Gasteiger partial charge in [0.1, 0.15) is 12.1 Å². The Morgan fingerprint density at radius 2 is 1.94 bits per heavy atom. The topological polar surface area (TPSA) is 87.7 Å². The zero-order chi connectivity index (χ0) is 25.4. The molecule has 2 aliphatic heterocycles. The van der Waals surface area contributed by atoms with Crippen LogP contribution >= 0.6 is 0 Å². The molecule has 1 aromatic heterocycles. The summed E-state index contributed by atoms with van der Waals surface area (Å²) in [6, 6.07) is 3.40. The number of nitrogens with one attached hydrogen (secondary N) is 1. The molecule has 0 radical (unpaired) electrons. The van der Waals surface area contributed by atoms with Crippen molar-refractivity contribution in [2.45, 2.75) is 56.5 Å². The molecule has 36 heavy (non-hydrogen) atoms. The third-order valence-corrected chi connectivity index (χ3v) is 6.96. The Hall–Kier alpha value is -3.21. The lowest BCUT2D eigenvalue weighted by molar-refractivity contribution is -0.139. The van der Waals surface area contributed by atoms with Crippen molar-refractivity contribution in [1.29, 1.82) is 0 Å². The highest BCUT2D eigenvalue weighted by atomic mass is 19.4. The number of amides is 2. The number of benzene rings is 1. The fourth-order valence-corrected chi connectivity index (χ4v) is 5.00. The second-order valence-corrected chi connectivity index (χ2v) is 9.72. The second kappa shape index (κ2) is 9.68. The highest BCUT2D eigenvalue weighted by Crippen LogP contribution is 2.38. The summed E-state index contributed by atoms with van der Waals surface area (Å²) >= 11 is 0. The largest absolute Gasteiger partial charge is 0.472 e. The summed E-state index contributed by atoms with van der Waals surface area (Å²) in [6.07, 6.45) is 1.77. The number of rotatable bonds is 6. The summed E-state index contributed by atoms with van der Waals surface area (Å²) in [5.74, 6) is 0.0860. The molecule has 0 bridgehead atoms. The maximum absolute atomic E-state index is 13.4. The monoisotopic (exact) mass is 503 g/mol. The predicted octanol–water partition coefficient (Wildman–Crippen LogP) is 2.91.